The fraction of sp³-hybridized carbons (Fsp3) is 0.133. The van der Waals surface area contributed by atoms with Crippen LogP contribution in [0.3, 0.4) is 0 Å². The molecular weight excluding hydrogens is 274 g/mol. The van der Waals surface area contributed by atoms with Crippen molar-refractivity contribution in [3.63, 3.8) is 0 Å². The molecule has 0 radical (unpaired) electrons. The maximum absolute atomic E-state index is 12.0. The number of carbonyl (C=O) groups is 1. The van der Waals surface area contributed by atoms with Crippen molar-refractivity contribution in [2.45, 2.75) is 0 Å². The highest BCUT2D eigenvalue weighted by Crippen LogP contribution is 2.23. The van der Waals surface area contributed by atoms with Crippen molar-refractivity contribution >= 4 is 34.6 Å². The summed E-state index contributed by atoms with van der Waals surface area (Å²) in [6, 6.07) is 14.7. The Kier molecular flexibility index (Phi) is 4.48. The summed E-state index contributed by atoms with van der Waals surface area (Å²) in [4.78, 5) is 13.9. The molecule has 0 bridgehead atoms. The largest absolute Gasteiger partial charge is 0.397 e. The zero-order valence-electron chi connectivity index (χ0n) is 11.1. The quantitative estimate of drug-likeness (QED) is 0.851. The third kappa shape index (κ3) is 3.65. The second kappa shape index (κ2) is 6.30. The number of amides is 1. The van der Waals surface area contributed by atoms with E-state index in [2.05, 4.69) is 5.32 Å². The molecule has 3 N–H and O–H groups in total. The summed E-state index contributed by atoms with van der Waals surface area (Å²) in [6.45, 7) is 0.232. The number of hydrogen-bond donors (Lipinski definition) is 2. The van der Waals surface area contributed by atoms with E-state index in [9.17, 15) is 4.79 Å². The molecule has 0 aliphatic carbocycles. The van der Waals surface area contributed by atoms with E-state index in [1.165, 1.54) is 0 Å². The fourth-order valence-electron chi connectivity index (χ4n) is 1.82. The zero-order chi connectivity index (χ0) is 14.5. The van der Waals surface area contributed by atoms with Gasteiger partial charge in [0.1, 0.15) is 0 Å². The van der Waals surface area contributed by atoms with Crippen molar-refractivity contribution in [2.75, 3.05) is 29.5 Å². The van der Waals surface area contributed by atoms with Crippen LogP contribution in [0.5, 0.6) is 0 Å². The number of rotatable bonds is 4. The normalized spacial score (nSPS) is 10.1. The van der Waals surface area contributed by atoms with E-state index in [0.717, 1.165) is 5.69 Å². The SMILES string of the molecule is CN(CC(=O)Nc1cc(Cl)ccc1N)c1ccccc1. The fourth-order valence-corrected chi connectivity index (χ4v) is 1.99. The number of hydrogen-bond acceptors (Lipinski definition) is 3. The number of benzene rings is 2. The van der Waals surface area contributed by atoms with Gasteiger partial charge in [-0.3, -0.25) is 4.79 Å². The van der Waals surface area contributed by atoms with Gasteiger partial charge in [0.05, 0.1) is 17.9 Å². The molecule has 0 fully saturated rings. The van der Waals surface area contributed by atoms with E-state index < -0.39 is 0 Å². The van der Waals surface area contributed by atoms with Crippen LogP contribution < -0.4 is 16.0 Å². The van der Waals surface area contributed by atoms with Crippen LogP contribution in [0, 0.1) is 0 Å². The van der Waals surface area contributed by atoms with Crippen molar-refractivity contribution in [1.82, 2.24) is 0 Å². The maximum atomic E-state index is 12.0. The minimum Gasteiger partial charge on any atom is -0.397 e. The molecule has 2 aromatic rings. The number of anilines is 3. The van der Waals surface area contributed by atoms with Gasteiger partial charge >= 0.3 is 0 Å². The lowest BCUT2D eigenvalue weighted by Crippen LogP contribution is -2.30. The van der Waals surface area contributed by atoms with Crippen molar-refractivity contribution in [1.29, 1.82) is 0 Å². The average molecular weight is 290 g/mol. The first-order valence-electron chi connectivity index (χ1n) is 6.17. The molecule has 5 heteroatoms. The molecule has 1 amide bonds. The summed E-state index contributed by atoms with van der Waals surface area (Å²) in [7, 11) is 1.86. The highest BCUT2D eigenvalue weighted by Gasteiger charge is 2.09. The number of nitrogens with one attached hydrogen (secondary N) is 1. The Balaban J connectivity index is 2.01. The third-order valence-corrected chi connectivity index (χ3v) is 3.10. The minimum atomic E-state index is -0.148. The Morgan fingerprint density at radius 1 is 1.25 bits per heavy atom. The van der Waals surface area contributed by atoms with Gasteiger partial charge in [0, 0.05) is 17.8 Å². The number of para-hydroxylation sites is 1. The molecule has 20 heavy (non-hydrogen) atoms. The molecule has 0 atom stereocenters. The van der Waals surface area contributed by atoms with Gasteiger partial charge in [-0.05, 0) is 30.3 Å². The van der Waals surface area contributed by atoms with Crippen LogP contribution in [0.2, 0.25) is 5.02 Å². The molecule has 0 aliphatic rings. The molecule has 0 heterocycles. The Bertz CT molecular complexity index is 601. The molecule has 0 aliphatic heterocycles. The van der Waals surface area contributed by atoms with Crippen LogP contribution >= 0.6 is 11.6 Å². The predicted molar refractivity (Wildman–Crippen MR) is 84.2 cm³/mol. The number of nitrogens with zero attached hydrogens (tertiary/aromatic N) is 1. The first-order chi connectivity index (χ1) is 9.56. The standard InChI is InChI=1S/C15H16ClN3O/c1-19(12-5-3-2-4-6-12)10-15(20)18-14-9-11(16)7-8-13(14)17/h2-9H,10,17H2,1H3,(H,18,20). The first kappa shape index (κ1) is 14.2. The minimum absolute atomic E-state index is 0.148. The van der Waals surface area contributed by atoms with Crippen molar-refractivity contribution in [3.8, 4) is 0 Å². The van der Waals surface area contributed by atoms with E-state index in [4.69, 9.17) is 17.3 Å². The van der Waals surface area contributed by atoms with Gasteiger partial charge in [0.15, 0.2) is 0 Å². The van der Waals surface area contributed by atoms with Crippen molar-refractivity contribution in [3.05, 3.63) is 53.6 Å². The lowest BCUT2D eigenvalue weighted by atomic mass is 10.2. The van der Waals surface area contributed by atoms with E-state index in [0.29, 0.717) is 16.4 Å². The summed E-state index contributed by atoms with van der Waals surface area (Å²) >= 11 is 5.88. The first-order valence-corrected chi connectivity index (χ1v) is 6.55. The topological polar surface area (TPSA) is 58.4 Å². The van der Waals surface area contributed by atoms with Gasteiger partial charge < -0.3 is 16.0 Å². The van der Waals surface area contributed by atoms with E-state index in [1.807, 2.05) is 42.3 Å². The van der Waals surface area contributed by atoms with Gasteiger partial charge in [-0.2, -0.15) is 0 Å². The number of nitrogen functional groups attached to an aromatic ring is 1. The lowest BCUT2D eigenvalue weighted by Gasteiger charge is -2.19. The Labute approximate surface area is 123 Å². The maximum Gasteiger partial charge on any atom is 0.243 e. The molecular formula is C15H16ClN3O. The Morgan fingerprint density at radius 2 is 1.95 bits per heavy atom. The van der Waals surface area contributed by atoms with Crippen LogP contribution in [0.4, 0.5) is 17.1 Å². The van der Waals surface area contributed by atoms with Crippen LogP contribution in [0.25, 0.3) is 0 Å². The van der Waals surface area contributed by atoms with Gasteiger partial charge in [0.2, 0.25) is 5.91 Å². The highest BCUT2D eigenvalue weighted by molar-refractivity contribution is 6.31. The average Bonchev–Trinajstić information content (AvgIpc) is 2.43. The van der Waals surface area contributed by atoms with E-state index in [-0.39, 0.29) is 12.5 Å². The van der Waals surface area contributed by atoms with Gasteiger partial charge in [0.25, 0.3) is 0 Å². The van der Waals surface area contributed by atoms with E-state index in [1.54, 1.807) is 18.2 Å². The molecule has 0 saturated carbocycles. The predicted octanol–water partition coefficient (Wildman–Crippen LogP) is 3.00. The zero-order valence-corrected chi connectivity index (χ0v) is 11.9. The van der Waals surface area contributed by atoms with Crippen LogP contribution in [0.15, 0.2) is 48.5 Å². The highest BCUT2D eigenvalue weighted by atomic mass is 35.5. The van der Waals surface area contributed by atoms with Gasteiger partial charge in [-0.15, -0.1) is 0 Å². The number of nitrogens with two attached hydrogens (primary N) is 1. The van der Waals surface area contributed by atoms with Crippen LogP contribution in [-0.2, 0) is 4.79 Å². The number of likely N-dealkylation sites (N-methyl/N-ethyl adjacent to an activating group) is 1. The Hall–Kier alpha value is -2.20. The second-order valence-corrected chi connectivity index (χ2v) is 4.91. The third-order valence-electron chi connectivity index (χ3n) is 2.87. The van der Waals surface area contributed by atoms with Crippen LogP contribution in [0.1, 0.15) is 0 Å². The summed E-state index contributed by atoms with van der Waals surface area (Å²) in [5.74, 6) is -0.148. The summed E-state index contributed by atoms with van der Waals surface area (Å²) < 4.78 is 0. The molecule has 2 aromatic carbocycles. The number of halogens is 1. The summed E-state index contributed by atoms with van der Waals surface area (Å²) in [5, 5.41) is 3.29. The van der Waals surface area contributed by atoms with Gasteiger partial charge in [-0.25, -0.2) is 0 Å². The molecule has 4 nitrogen and oxygen atoms in total. The summed E-state index contributed by atoms with van der Waals surface area (Å²) in [6.07, 6.45) is 0. The molecule has 2 rings (SSSR count). The Morgan fingerprint density at radius 3 is 2.65 bits per heavy atom. The molecule has 0 spiro atoms. The van der Waals surface area contributed by atoms with Crippen molar-refractivity contribution in [2.24, 2.45) is 0 Å². The molecule has 0 aromatic heterocycles. The number of carbonyl (C=O) groups excluding carboxylic acids is 1. The smallest absolute Gasteiger partial charge is 0.243 e. The second-order valence-electron chi connectivity index (χ2n) is 4.47. The van der Waals surface area contributed by atoms with Crippen LogP contribution in [-0.4, -0.2) is 19.5 Å². The van der Waals surface area contributed by atoms with Crippen molar-refractivity contribution < 1.29 is 4.79 Å². The summed E-state index contributed by atoms with van der Waals surface area (Å²) in [5.41, 5.74) is 7.79. The lowest BCUT2D eigenvalue weighted by molar-refractivity contribution is -0.114. The monoisotopic (exact) mass is 289 g/mol. The van der Waals surface area contributed by atoms with E-state index >= 15 is 0 Å². The molecule has 104 valence electrons. The molecule has 0 saturated heterocycles. The molecule has 0 unspecified atom stereocenters. The van der Waals surface area contributed by atoms with Gasteiger partial charge in [-0.1, -0.05) is 29.8 Å².